The minimum Gasteiger partial charge on any atom is -0.479 e. The van der Waals surface area contributed by atoms with Crippen LogP contribution in [0.25, 0.3) is 0 Å². The van der Waals surface area contributed by atoms with E-state index in [0.29, 0.717) is 24.2 Å². The Hall–Kier alpha value is -1.15. The average Bonchev–Trinajstić information content (AvgIpc) is 2.36. The van der Waals surface area contributed by atoms with Gasteiger partial charge in [0.2, 0.25) is 0 Å². The Morgan fingerprint density at radius 1 is 1.42 bits per heavy atom. The number of esters is 1. The molecule has 19 heavy (non-hydrogen) atoms. The molecule has 6 heteroatoms. The maximum Gasteiger partial charge on any atom is 0.337 e. The molecule has 0 radical (unpaired) electrons. The summed E-state index contributed by atoms with van der Waals surface area (Å²) >= 11 is 2.05. The third-order valence-corrected chi connectivity index (χ3v) is 3.58. The first-order chi connectivity index (χ1) is 8.97. The minimum absolute atomic E-state index is 0.160. The van der Waals surface area contributed by atoms with Crippen LogP contribution in [0.15, 0.2) is 18.2 Å². The van der Waals surface area contributed by atoms with E-state index in [9.17, 15) is 14.7 Å². The first-order valence-electron chi connectivity index (χ1n) is 5.81. The quantitative estimate of drug-likeness (QED) is 0.584. The smallest absolute Gasteiger partial charge is 0.337 e. The molecule has 0 aliphatic rings. The van der Waals surface area contributed by atoms with Gasteiger partial charge < -0.3 is 14.9 Å². The highest BCUT2D eigenvalue weighted by Crippen LogP contribution is 2.24. The van der Waals surface area contributed by atoms with E-state index in [1.54, 1.807) is 25.1 Å². The number of aliphatic hydroxyl groups excluding tert-OH is 1. The zero-order valence-electron chi connectivity index (χ0n) is 10.4. The van der Waals surface area contributed by atoms with Crippen molar-refractivity contribution in [2.45, 2.75) is 25.9 Å². The van der Waals surface area contributed by atoms with Crippen molar-refractivity contribution in [2.75, 3.05) is 6.61 Å². The molecule has 104 valence electrons. The van der Waals surface area contributed by atoms with Crippen LogP contribution in [0, 0.1) is 3.57 Å². The van der Waals surface area contributed by atoms with Crippen LogP contribution in [0.5, 0.6) is 0 Å². The summed E-state index contributed by atoms with van der Waals surface area (Å²) in [5.74, 6) is -1.64. The van der Waals surface area contributed by atoms with Gasteiger partial charge in [-0.25, -0.2) is 4.79 Å². The lowest BCUT2D eigenvalue weighted by molar-refractivity contribution is -0.147. The highest BCUT2D eigenvalue weighted by atomic mass is 127. The van der Waals surface area contributed by atoms with Crippen LogP contribution in [0.2, 0.25) is 0 Å². The van der Waals surface area contributed by atoms with Crippen LogP contribution in [0.1, 0.15) is 30.6 Å². The Morgan fingerprint density at radius 2 is 2.11 bits per heavy atom. The lowest BCUT2D eigenvalue weighted by atomic mass is 9.99. The fraction of sp³-hybridized carbons (Fsp3) is 0.385. The molecule has 1 aromatic carbocycles. The molecule has 0 aliphatic carbocycles. The molecule has 5 nitrogen and oxygen atoms in total. The van der Waals surface area contributed by atoms with Gasteiger partial charge in [-0.1, -0.05) is 12.1 Å². The van der Waals surface area contributed by atoms with E-state index in [1.807, 2.05) is 0 Å². The molecule has 1 unspecified atom stereocenters. The van der Waals surface area contributed by atoms with E-state index in [0.717, 1.165) is 3.57 Å². The van der Waals surface area contributed by atoms with Gasteiger partial charge in [0.05, 0.1) is 6.61 Å². The molecule has 0 heterocycles. The molecular formula is C13H15IO5. The lowest BCUT2D eigenvalue weighted by Crippen LogP contribution is -2.14. The number of rotatable bonds is 6. The Labute approximate surface area is 124 Å². The predicted molar refractivity (Wildman–Crippen MR) is 76.7 cm³/mol. The number of carboxylic acids is 1. The number of ether oxygens (including phenoxy) is 1. The van der Waals surface area contributed by atoms with E-state index in [4.69, 9.17) is 9.84 Å². The predicted octanol–water partition coefficient (Wildman–Crippen LogP) is 1.90. The Balaban J connectivity index is 2.92. The number of halogens is 1. The summed E-state index contributed by atoms with van der Waals surface area (Å²) in [6, 6.07) is 5.04. The molecule has 0 saturated heterocycles. The first kappa shape index (κ1) is 15.9. The second-order valence-corrected chi connectivity index (χ2v) is 5.02. The number of carbonyl (C=O) groups is 2. The largest absolute Gasteiger partial charge is 0.479 e. The highest BCUT2D eigenvalue weighted by Gasteiger charge is 2.21. The molecular weight excluding hydrogens is 363 g/mol. The average molecular weight is 378 g/mol. The SMILES string of the molecule is CCOC(=O)CCc1c(I)cccc1C(O)C(=O)O. The van der Waals surface area contributed by atoms with Crippen molar-refractivity contribution < 1.29 is 24.5 Å². The number of carboxylic acid groups (broad SMARTS) is 1. The van der Waals surface area contributed by atoms with E-state index in [2.05, 4.69) is 22.6 Å². The van der Waals surface area contributed by atoms with Crippen molar-refractivity contribution in [1.29, 1.82) is 0 Å². The van der Waals surface area contributed by atoms with Crippen molar-refractivity contribution in [3.05, 3.63) is 32.9 Å². The molecule has 0 aromatic heterocycles. The number of aliphatic carboxylic acids is 1. The Morgan fingerprint density at radius 3 is 2.68 bits per heavy atom. The van der Waals surface area contributed by atoms with Crippen LogP contribution >= 0.6 is 22.6 Å². The van der Waals surface area contributed by atoms with Crippen molar-refractivity contribution in [3.63, 3.8) is 0 Å². The second kappa shape index (κ2) is 7.44. The van der Waals surface area contributed by atoms with Crippen molar-refractivity contribution >= 4 is 34.5 Å². The molecule has 1 atom stereocenters. The Kier molecular flexibility index (Phi) is 6.23. The fourth-order valence-corrected chi connectivity index (χ4v) is 2.48. The summed E-state index contributed by atoms with van der Waals surface area (Å²) in [6.45, 7) is 2.04. The number of benzene rings is 1. The molecule has 0 bridgehead atoms. The fourth-order valence-electron chi connectivity index (χ4n) is 1.69. The van der Waals surface area contributed by atoms with Crippen molar-refractivity contribution in [1.82, 2.24) is 0 Å². The summed E-state index contributed by atoms with van der Waals surface area (Å²) in [6.07, 6.45) is -1.07. The molecule has 0 aliphatic heterocycles. The van der Waals surface area contributed by atoms with Crippen LogP contribution in [-0.2, 0) is 20.7 Å². The van der Waals surface area contributed by atoms with Gasteiger partial charge in [0.15, 0.2) is 6.10 Å². The van der Waals surface area contributed by atoms with Gasteiger partial charge in [0, 0.05) is 9.99 Å². The van der Waals surface area contributed by atoms with Gasteiger partial charge in [0.1, 0.15) is 0 Å². The van der Waals surface area contributed by atoms with Crippen LogP contribution in [0.4, 0.5) is 0 Å². The molecule has 0 fully saturated rings. The first-order valence-corrected chi connectivity index (χ1v) is 6.89. The van der Waals surface area contributed by atoms with Crippen LogP contribution in [0.3, 0.4) is 0 Å². The maximum atomic E-state index is 11.3. The van der Waals surface area contributed by atoms with Gasteiger partial charge in [-0.3, -0.25) is 4.79 Å². The highest BCUT2D eigenvalue weighted by molar-refractivity contribution is 14.1. The molecule has 0 amide bonds. The summed E-state index contributed by atoms with van der Waals surface area (Å²) < 4.78 is 5.65. The summed E-state index contributed by atoms with van der Waals surface area (Å²) in [5, 5.41) is 18.5. The summed E-state index contributed by atoms with van der Waals surface area (Å²) in [7, 11) is 0. The molecule has 2 N–H and O–H groups in total. The normalized spacial score (nSPS) is 11.9. The van der Waals surface area contributed by atoms with E-state index in [-0.39, 0.29) is 12.4 Å². The standard InChI is InChI=1S/C13H15IO5/c1-2-19-11(15)7-6-8-9(12(16)13(17)18)4-3-5-10(8)14/h3-5,12,16H,2,6-7H2,1H3,(H,17,18). The monoisotopic (exact) mass is 378 g/mol. The third kappa shape index (κ3) is 4.46. The van der Waals surface area contributed by atoms with Crippen LogP contribution < -0.4 is 0 Å². The number of hydrogen-bond donors (Lipinski definition) is 2. The maximum absolute atomic E-state index is 11.3. The van der Waals surface area contributed by atoms with Gasteiger partial charge in [-0.2, -0.15) is 0 Å². The zero-order valence-corrected chi connectivity index (χ0v) is 12.6. The second-order valence-electron chi connectivity index (χ2n) is 3.85. The van der Waals surface area contributed by atoms with Crippen molar-refractivity contribution in [2.24, 2.45) is 0 Å². The molecule has 1 aromatic rings. The van der Waals surface area contributed by atoms with Gasteiger partial charge in [0.25, 0.3) is 0 Å². The number of carbonyl (C=O) groups excluding carboxylic acids is 1. The molecule has 0 spiro atoms. The van der Waals surface area contributed by atoms with Crippen molar-refractivity contribution in [3.8, 4) is 0 Å². The van der Waals surface area contributed by atoms with Gasteiger partial charge in [-0.05, 0) is 53.1 Å². The third-order valence-electron chi connectivity index (χ3n) is 2.57. The number of hydrogen-bond acceptors (Lipinski definition) is 4. The van der Waals surface area contributed by atoms with Crippen LogP contribution in [-0.4, -0.2) is 28.8 Å². The Bertz CT molecular complexity index is 472. The number of aliphatic hydroxyl groups is 1. The van der Waals surface area contributed by atoms with E-state index in [1.165, 1.54) is 0 Å². The van der Waals surface area contributed by atoms with E-state index < -0.39 is 12.1 Å². The minimum atomic E-state index is -1.58. The van der Waals surface area contributed by atoms with Gasteiger partial charge >= 0.3 is 11.9 Å². The summed E-state index contributed by atoms with van der Waals surface area (Å²) in [5.41, 5.74) is 0.995. The molecule has 0 saturated carbocycles. The lowest BCUT2D eigenvalue weighted by Gasteiger charge is -2.14. The summed E-state index contributed by atoms with van der Waals surface area (Å²) in [4.78, 5) is 22.2. The van der Waals surface area contributed by atoms with E-state index >= 15 is 0 Å². The van der Waals surface area contributed by atoms with Gasteiger partial charge in [-0.15, -0.1) is 0 Å². The zero-order chi connectivity index (χ0) is 14.4. The molecule has 1 rings (SSSR count). The topological polar surface area (TPSA) is 83.8 Å².